The summed E-state index contributed by atoms with van der Waals surface area (Å²) in [5, 5.41) is 10.7. The number of non-ortho nitro benzene ring substituents is 1. The maximum Gasteiger partial charge on any atom is 0.270 e. The summed E-state index contributed by atoms with van der Waals surface area (Å²) in [6, 6.07) is 3.98. The maximum atomic E-state index is 12.3. The molecule has 1 aromatic carbocycles. The highest BCUT2D eigenvalue weighted by Gasteiger charge is 2.21. The fourth-order valence-electron chi connectivity index (χ4n) is 1.66. The number of nitrogens with zero attached hydrogens (tertiary/aromatic N) is 2. The minimum atomic E-state index is -0.537. The lowest BCUT2D eigenvalue weighted by atomic mass is 10.1. The number of nitro groups is 1. The summed E-state index contributed by atoms with van der Waals surface area (Å²) in [4.78, 5) is 24.0. The lowest BCUT2D eigenvalue weighted by Gasteiger charge is -2.25. The minimum absolute atomic E-state index is 0.0845. The van der Waals surface area contributed by atoms with Crippen molar-refractivity contribution in [2.24, 2.45) is 0 Å². The minimum Gasteiger partial charge on any atom is -0.339 e. The molecule has 0 aliphatic heterocycles. The Morgan fingerprint density at radius 2 is 2.20 bits per heavy atom. The summed E-state index contributed by atoms with van der Waals surface area (Å²) in [5.74, 6) is 0.741. The number of benzene rings is 1. The molecule has 1 atom stereocenters. The smallest absolute Gasteiger partial charge is 0.270 e. The normalized spacial score (nSPS) is 12.0. The molecule has 0 radical (unpaired) electrons. The van der Waals surface area contributed by atoms with Crippen LogP contribution < -0.4 is 0 Å². The summed E-state index contributed by atoms with van der Waals surface area (Å²) in [6.07, 6.45) is 2.90. The van der Waals surface area contributed by atoms with Gasteiger partial charge in [0.25, 0.3) is 11.6 Å². The van der Waals surface area contributed by atoms with Crippen molar-refractivity contribution in [3.8, 4) is 0 Å². The van der Waals surface area contributed by atoms with E-state index in [1.165, 1.54) is 18.2 Å². The van der Waals surface area contributed by atoms with Gasteiger partial charge in [0.15, 0.2) is 0 Å². The average molecular weight is 317 g/mol. The molecule has 1 rings (SSSR count). The van der Waals surface area contributed by atoms with Gasteiger partial charge < -0.3 is 4.90 Å². The SMILES string of the molecule is CSCC[C@@H](C)N(C)C(=O)c1ccc([N+](=O)[O-])cc1Cl. The molecule has 20 heavy (non-hydrogen) atoms. The fraction of sp³-hybridized carbons (Fsp3) is 0.462. The predicted molar refractivity (Wildman–Crippen MR) is 82.7 cm³/mol. The zero-order valence-electron chi connectivity index (χ0n) is 11.6. The average Bonchev–Trinajstić information content (AvgIpc) is 2.42. The van der Waals surface area contributed by atoms with Gasteiger partial charge in [0.05, 0.1) is 15.5 Å². The van der Waals surface area contributed by atoms with Gasteiger partial charge in [0.1, 0.15) is 0 Å². The first kappa shape index (κ1) is 16.8. The molecule has 0 saturated carbocycles. The van der Waals surface area contributed by atoms with Gasteiger partial charge in [0, 0.05) is 25.2 Å². The summed E-state index contributed by atoms with van der Waals surface area (Å²) < 4.78 is 0. The summed E-state index contributed by atoms with van der Waals surface area (Å²) in [7, 11) is 1.71. The van der Waals surface area contributed by atoms with Gasteiger partial charge >= 0.3 is 0 Å². The van der Waals surface area contributed by atoms with Crippen molar-refractivity contribution in [3.63, 3.8) is 0 Å². The topological polar surface area (TPSA) is 63.5 Å². The number of carbonyl (C=O) groups excluding carboxylic acids is 1. The van der Waals surface area contributed by atoms with Gasteiger partial charge in [-0.05, 0) is 31.4 Å². The van der Waals surface area contributed by atoms with E-state index in [0.29, 0.717) is 0 Å². The Hall–Kier alpha value is -1.27. The van der Waals surface area contributed by atoms with E-state index < -0.39 is 4.92 Å². The quantitative estimate of drug-likeness (QED) is 0.595. The van der Waals surface area contributed by atoms with Gasteiger partial charge in [0.2, 0.25) is 0 Å². The van der Waals surface area contributed by atoms with Crippen LogP contribution in [0.2, 0.25) is 5.02 Å². The first-order valence-corrected chi connectivity index (χ1v) is 7.85. The van der Waals surface area contributed by atoms with Crippen LogP contribution in [0, 0.1) is 10.1 Å². The lowest BCUT2D eigenvalue weighted by Crippen LogP contribution is -2.35. The maximum absolute atomic E-state index is 12.3. The molecule has 1 aromatic rings. The van der Waals surface area contributed by atoms with Crippen LogP contribution in [0.5, 0.6) is 0 Å². The Kier molecular flexibility index (Phi) is 6.29. The van der Waals surface area contributed by atoms with Gasteiger partial charge in [-0.2, -0.15) is 11.8 Å². The summed E-state index contributed by atoms with van der Waals surface area (Å²) >= 11 is 7.69. The number of halogens is 1. The molecule has 0 spiro atoms. The van der Waals surface area contributed by atoms with Crippen LogP contribution in [0.15, 0.2) is 18.2 Å². The molecular formula is C13H17ClN2O3S. The van der Waals surface area contributed by atoms with E-state index >= 15 is 0 Å². The van der Waals surface area contributed by atoms with E-state index in [1.54, 1.807) is 23.7 Å². The van der Waals surface area contributed by atoms with Gasteiger partial charge in [-0.25, -0.2) is 0 Å². The van der Waals surface area contributed by atoms with Crippen molar-refractivity contribution < 1.29 is 9.72 Å². The van der Waals surface area contributed by atoms with Crippen molar-refractivity contribution in [2.45, 2.75) is 19.4 Å². The Morgan fingerprint density at radius 1 is 1.55 bits per heavy atom. The first-order valence-electron chi connectivity index (χ1n) is 6.08. The Labute approximate surface area is 127 Å². The third kappa shape index (κ3) is 4.11. The molecule has 5 nitrogen and oxygen atoms in total. The van der Waals surface area contributed by atoms with Gasteiger partial charge in [-0.3, -0.25) is 14.9 Å². The van der Waals surface area contributed by atoms with Gasteiger partial charge in [-0.1, -0.05) is 11.6 Å². The molecule has 0 N–H and O–H groups in total. The molecule has 0 aliphatic rings. The highest BCUT2D eigenvalue weighted by Crippen LogP contribution is 2.24. The second-order valence-corrected chi connectivity index (χ2v) is 5.86. The Balaban J connectivity index is 2.89. The van der Waals surface area contributed by atoms with Crippen molar-refractivity contribution in [1.82, 2.24) is 4.90 Å². The number of hydrogen-bond acceptors (Lipinski definition) is 4. The van der Waals surface area contributed by atoms with E-state index in [1.807, 2.05) is 13.2 Å². The highest BCUT2D eigenvalue weighted by atomic mass is 35.5. The zero-order valence-corrected chi connectivity index (χ0v) is 13.2. The largest absolute Gasteiger partial charge is 0.339 e. The monoisotopic (exact) mass is 316 g/mol. The molecule has 0 unspecified atom stereocenters. The van der Waals surface area contributed by atoms with E-state index in [4.69, 9.17) is 11.6 Å². The summed E-state index contributed by atoms with van der Waals surface area (Å²) in [5.41, 5.74) is 0.167. The van der Waals surface area contributed by atoms with Crippen molar-refractivity contribution >= 4 is 35.0 Å². The second kappa shape index (κ2) is 7.50. The van der Waals surface area contributed by atoms with Crippen LogP contribution >= 0.6 is 23.4 Å². The third-order valence-electron chi connectivity index (χ3n) is 3.12. The second-order valence-electron chi connectivity index (χ2n) is 4.47. The molecule has 0 fully saturated rings. The van der Waals surface area contributed by atoms with Crippen molar-refractivity contribution in [1.29, 1.82) is 0 Å². The number of amides is 1. The lowest BCUT2D eigenvalue weighted by molar-refractivity contribution is -0.384. The zero-order chi connectivity index (χ0) is 15.3. The van der Waals surface area contributed by atoms with Crippen molar-refractivity contribution in [2.75, 3.05) is 19.1 Å². The van der Waals surface area contributed by atoms with Crippen LogP contribution in [0.25, 0.3) is 0 Å². The Bertz CT molecular complexity index is 510. The first-order chi connectivity index (χ1) is 9.38. The molecule has 0 aliphatic carbocycles. The Morgan fingerprint density at radius 3 is 2.70 bits per heavy atom. The standard InChI is InChI=1S/C13H17ClN2O3S/c1-9(6-7-20-3)15(2)13(17)11-5-4-10(16(18)19)8-12(11)14/h4-5,8-9H,6-7H2,1-3H3/t9-/m1/s1. The molecule has 0 bridgehead atoms. The third-order valence-corrected chi connectivity index (χ3v) is 4.07. The molecule has 0 heterocycles. The highest BCUT2D eigenvalue weighted by molar-refractivity contribution is 7.98. The number of rotatable bonds is 6. The molecule has 1 amide bonds. The van der Waals surface area contributed by atoms with Crippen LogP contribution in [0.1, 0.15) is 23.7 Å². The molecule has 0 aromatic heterocycles. The van der Waals surface area contributed by atoms with Gasteiger partial charge in [-0.15, -0.1) is 0 Å². The number of carbonyl (C=O) groups is 1. The van der Waals surface area contributed by atoms with E-state index in [0.717, 1.165) is 12.2 Å². The number of nitro benzene ring substituents is 1. The fourth-order valence-corrected chi connectivity index (χ4v) is 2.50. The molecule has 7 heteroatoms. The predicted octanol–water partition coefficient (Wildman–Crippen LogP) is 3.46. The van der Waals surface area contributed by atoms with E-state index in [9.17, 15) is 14.9 Å². The number of thioether (sulfide) groups is 1. The molecule has 110 valence electrons. The summed E-state index contributed by atoms with van der Waals surface area (Å²) in [6.45, 7) is 1.97. The van der Waals surface area contributed by atoms with E-state index in [-0.39, 0.29) is 28.2 Å². The van der Waals surface area contributed by atoms with Crippen LogP contribution in [0.4, 0.5) is 5.69 Å². The number of hydrogen-bond donors (Lipinski definition) is 0. The van der Waals surface area contributed by atoms with Crippen molar-refractivity contribution in [3.05, 3.63) is 38.9 Å². The molecule has 0 saturated heterocycles. The van der Waals surface area contributed by atoms with Crippen LogP contribution in [-0.2, 0) is 0 Å². The van der Waals surface area contributed by atoms with Crippen LogP contribution in [-0.4, -0.2) is 40.8 Å². The molecular weight excluding hydrogens is 300 g/mol. The van der Waals surface area contributed by atoms with Crippen LogP contribution in [0.3, 0.4) is 0 Å². The van der Waals surface area contributed by atoms with E-state index in [2.05, 4.69) is 0 Å².